The van der Waals surface area contributed by atoms with Crippen molar-refractivity contribution in [1.82, 2.24) is 25.5 Å². The summed E-state index contributed by atoms with van der Waals surface area (Å²) in [5.74, 6) is 0.345. The number of nitrogens with one attached hydrogen (secondary N) is 1. The molecule has 1 amide bonds. The van der Waals surface area contributed by atoms with Gasteiger partial charge in [-0.1, -0.05) is 36.0 Å². The Morgan fingerprint density at radius 2 is 2.33 bits per heavy atom. The van der Waals surface area contributed by atoms with E-state index in [1.54, 1.807) is 11.7 Å². The average molecular weight is 303 g/mol. The molecule has 6 nitrogen and oxygen atoms in total. The molecule has 21 heavy (non-hydrogen) atoms. The highest BCUT2D eigenvalue weighted by Crippen LogP contribution is 2.29. The van der Waals surface area contributed by atoms with Crippen LogP contribution in [0.25, 0.3) is 0 Å². The molecule has 1 aliphatic carbocycles. The van der Waals surface area contributed by atoms with Crippen molar-refractivity contribution in [2.75, 3.05) is 5.75 Å². The van der Waals surface area contributed by atoms with Crippen LogP contribution in [0, 0.1) is 0 Å². The van der Waals surface area contributed by atoms with Gasteiger partial charge < -0.3 is 5.32 Å². The lowest BCUT2D eigenvalue weighted by Gasteiger charge is -2.26. The molecule has 0 aliphatic heterocycles. The summed E-state index contributed by atoms with van der Waals surface area (Å²) >= 11 is 1.35. The Bertz CT molecular complexity index is 642. The number of hydrogen-bond donors (Lipinski definition) is 1. The summed E-state index contributed by atoms with van der Waals surface area (Å²) in [7, 11) is 1.76. The number of fused-ring (bicyclic) bond motifs is 1. The molecule has 0 fully saturated rings. The smallest absolute Gasteiger partial charge is 0.230 e. The molecule has 0 saturated heterocycles. The average Bonchev–Trinajstić information content (AvgIpc) is 2.91. The fourth-order valence-electron chi connectivity index (χ4n) is 2.61. The summed E-state index contributed by atoms with van der Waals surface area (Å²) < 4.78 is 1.56. The monoisotopic (exact) mass is 303 g/mol. The standard InChI is InChI=1S/C14H17N5OS/c1-19-14(16-17-18-19)21-9-13(20)15-12-8-4-6-10-5-2-3-7-11(10)12/h2-3,5,7,12H,4,6,8-9H2,1H3,(H,15,20)/t12-/m1/s1. The van der Waals surface area contributed by atoms with E-state index in [0.717, 1.165) is 19.3 Å². The summed E-state index contributed by atoms with van der Waals surface area (Å²) in [6, 6.07) is 8.47. The number of amides is 1. The predicted octanol–water partition coefficient (Wildman–Crippen LogP) is 1.50. The van der Waals surface area contributed by atoms with E-state index in [1.807, 2.05) is 6.07 Å². The van der Waals surface area contributed by atoms with Crippen molar-refractivity contribution in [3.63, 3.8) is 0 Å². The lowest BCUT2D eigenvalue weighted by molar-refractivity contribution is -0.119. The number of tetrazole rings is 1. The Morgan fingerprint density at radius 1 is 1.48 bits per heavy atom. The van der Waals surface area contributed by atoms with Crippen molar-refractivity contribution >= 4 is 17.7 Å². The Morgan fingerprint density at radius 3 is 3.14 bits per heavy atom. The third-order valence-electron chi connectivity index (χ3n) is 3.62. The first-order chi connectivity index (χ1) is 10.2. The highest BCUT2D eigenvalue weighted by atomic mass is 32.2. The van der Waals surface area contributed by atoms with Crippen molar-refractivity contribution in [2.45, 2.75) is 30.5 Å². The number of aryl methyl sites for hydroxylation is 2. The van der Waals surface area contributed by atoms with Crippen LogP contribution >= 0.6 is 11.8 Å². The summed E-state index contributed by atoms with van der Waals surface area (Å²) in [6.45, 7) is 0. The van der Waals surface area contributed by atoms with Crippen LogP contribution in [0.4, 0.5) is 0 Å². The maximum absolute atomic E-state index is 12.1. The van der Waals surface area contributed by atoms with Crippen LogP contribution in [-0.2, 0) is 18.3 Å². The topological polar surface area (TPSA) is 72.7 Å². The van der Waals surface area contributed by atoms with Gasteiger partial charge in [0.15, 0.2) is 0 Å². The molecule has 2 aromatic rings. The molecule has 0 saturated carbocycles. The van der Waals surface area contributed by atoms with Crippen LogP contribution in [0.1, 0.15) is 30.0 Å². The van der Waals surface area contributed by atoms with Gasteiger partial charge in [0.25, 0.3) is 0 Å². The quantitative estimate of drug-likeness (QED) is 0.867. The zero-order valence-corrected chi connectivity index (χ0v) is 12.6. The first-order valence-electron chi connectivity index (χ1n) is 6.96. The lowest BCUT2D eigenvalue weighted by atomic mass is 9.88. The highest BCUT2D eigenvalue weighted by Gasteiger charge is 2.21. The Balaban J connectivity index is 1.60. The van der Waals surface area contributed by atoms with Gasteiger partial charge in [-0.25, -0.2) is 4.68 Å². The number of carbonyl (C=O) groups is 1. The molecule has 1 aromatic carbocycles. The fourth-order valence-corrected chi connectivity index (χ4v) is 3.27. The molecule has 110 valence electrons. The second-order valence-corrected chi connectivity index (χ2v) is 6.03. The summed E-state index contributed by atoms with van der Waals surface area (Å²) in [5, 5.41) is 14.9. The van der Waals surface area contributed by atoms with Crippen LogP contribution in [0.3, 0.4) is 0 Å². The molecule has 3 rings (SSSR count). The van der Waals surface area contributed by atoms with Crippen molar-refractivity contribution < 1.29 is 4.79 Å². The van der Waals surface area contributed by atoms with Gasteiger partial charge in [-0.3, -0.25) is 4.79 Å². The minimum absolute atomic E-state index is 0.0182. The first-order valence-corrected chi connectivity index (χ1v) is 7.95. The fraction of sp³-hybridized carbons (Fsp3) is 0.429. The van der Waals surface area contributed by atoms with Crippen LogP contribution < -0.4 is 5.32 Å². The Hall–Kier alpha value is -1.89. The number of benzene rings is 1. The third-order valence-corrected chi connectivity index (χ3v) is 4.63. The van der Waals surface area contributed by atoms with Gasteiger partial charge in [0.2, 0.25) is 11.1 Å². The van der Waals surface area contributed by atoms with Gasteiger partial charge >= 0.3 is 0 Å². The summed E-state index contributed by atoms with van der Waals surface area (Å²) in [4.78, 5) is 12.1. The van der Waals surface area contributed by atoms with Crippen molar-refractivity contribution in [2.24, 2.45) is 7.05 Å². The lowest BCUT2D eigenvalue weighted by Crippen LogP contribution is -2.32. The minimum Gasteiger partial charge on any atom is -0.349 e. The van der Waals surface area contributed by atoms with Crippen molar-refractivity contribution in [1.29, 1.82) is 0 Å². The van der Waals surface area contributed by atoms with Crippen LogP contribution in [0.5, 0.6) is 0 Å². The number of hydrogen-bond acceptors (Lipinski definition) is 5. The second kappa shape index (κ2) is 6.26. The van der Waals surface area contributed by atoms with E-state index in [0.29, 0.717) is 10.9 Å². The molecule has 1 aromatic heterocycles. The van der Waals surface area contributed by atoms with Gasteiger partial charge in [0.05, 0.1) is 11.8 Å². The molecule has 1 atom stereocenters. The molecule has 1 aliphatic rings. The molecule has 0 unspecified atom stereocenters. The minimum atomic E-state index is 0.0182. The van der Waals surface area contributed by atoms with E-state index in [9.17, 15) is 4.79 Å². The van der Waals surface area contributed by atoms with E-state index < -0.39 is 0 Å². The zero-order valence-electron chi connectivity index (χ0n) is 11.8. The maximum atomic E-state index is 12.1. The highest BCUT2D eigenvalue weighted by molar-refractivity contribution is 7.99. The number of rotatable bonds is 4. The normalized spacial score (nSPS) is 17.3. The molecule has 0 radical (unpaired) electrons. The van der Waals surface area contributed by atoms with Gasteiger partial charge in [-0.05, 0) is 40.8 Å². The Kier molecular flexibility index (Phi) is 4.19. The predicted molar refractivity (Wildman–Crippen MR) is 79.8 cm³/mol. The maximum Gasteiger partial charge on any atom is 0.230 e. The van der Waals surface area contributed by atoms with Crippen molar-refractivity contribution in [3.8, 4) is 0 Å². The summed E-state index contributed by atoms with van der Waals surface area (Å²) in [6.07, 6.45) is 3.21. The summed E-state index contributed by atoms with van der Waals surface area (Å²) in [5.41, 5.74) is 2.60. The third kappa shape index (κ3) is 3.24. The van der Waals surface area contributed by atoms with Crippen LogP contribution in [0.2, 0.25) is 0 Å². The van der Waals surface area contributed by atoms with Crippen LogP contribution in [0.15, 0.2) is 29.4 Å². The Labute approximate surface area is 127 Å². The largest absolute Gasteiger partial charge is 0.349 e. The molecular weight excluding hydrogens is 286 g/mol. The van der Waals surface area contributed by atoms with Crippen molar-refractivity contribution in [3.05, 3.63) is 35.4 Å². The van der Waals surface area contributed by atoms with Crippen LogP contribution in [-0.4, -0.2) is 31.9 Å². The van der Waals surface area contributed by atoms with Gasteiger partial charge in [-0.2, -0.15) is 0 Å². The van der Waals surface area contributed by atoms with E-state index in [2.05, 4.69) is 39.0 Å². The number of carbonyl (C=O) groups excluding carboxylic acids is 1. The second-order valence-electron chi connectivity index (χ2n) is 5.08. The van der Waals surface area contributed by atoms with Gasteiger partial charge in [-0.15, -0.1) is 5.10 Å². The molecule has 0 spiro atoms. The number of thioether (sulfide) groups is 1. The first kappa shape index (κ1) is 14.1. The molecule has 7 heteroatoms. The van der Waals surface area contributed by atoms with E-state index in [4.69, 9.17) is 0 Å². The number of nitrogens with zero attached hydrogens (tertiary/aromatic N) is 4. The van der Waals surface area contributed by atoms with Gasteiger partial charge in [0, 0.05) is 7.05 Å². The number of aromatic nitrogens is 4. The molecule has 0 bridgehead atoms. The molecular formula is C14H17N5OS. The zero-order chi connectivity index (χ0) is 14.7. The molecule has 1 N–H and O–H groups in total. The SMILES string of the molecule is Cn1nnnc1SCC(=O)N[C@@H]1CCCc2ccccc21. The van der Waals surface area contributed by atoms with E-state index in [-0.39, 0.29) is 11.9 Å². The van der Waals surface area contributed by atoms with E-state index in [1.165, 1.54) is 22.9 Å². The van der Waals surface area contributed by atoms with Gasteiger partial charge in [0.1, 0.15) is 0 Å². The van der Waals surface area contributed by atoms with E-state index >= 15 is 0 Å². The molecule has 1 heterocycles.